The zero-order valence-electron chi connectivity index (χ0n) is 10.4. The molecule has 1 aromatic carbocycles. The molecule has 0 aromatic heterocycles. The van der Waals surface area contributed by atoms with Crippen molar-refractivity contribution >= 4 is 27.5 Å². The van der Waals surface area contributed by atoms with Crippen molar-refractivity contribution in [3.63, 3.8) is 0 Å². The average Bonchev–Trinajstić information content (AvgIpc) is 3.14. The standard InChI is InChI=1S/C15H18BrClO/c16-10-15(7-8-18-14(15)11-5-6-11)9-12-3-1-2-4-13(12)17/h1-4,11,14H,5-10H2. The maximum absolute atomic E-state index is 6.31. The lowest BCUT2D eigenvalue weighted by Crippen LogP contribution is -2.36. The Kier molecular flexibility index (Phi) is 3.70. The molecule has 3 rings (SSSR count). The van der Waals surface area contributed by atoms with E-state index in [9.17, 15) is 0 Å². The fourth-order valence-corrected chi connectivity index (χ4v) is 4.14. The molecule has 3 heteroatoms. The highest BCUT2D eigenvalue weighted by Gasteiger charge is 2.50. The smallest absolute Gasteiger partial charge is 0.0671 e. The molecule has 2 atom stereocenters. The number of hydrogen-bond donors (Lipinski definition) is 0. The molecule has 0 spiro atoms. The van der Waals surface area contributed by atoms with Crippen molar-refractivity contribution in [2.75, 3.05) is 11.9 Å². The van der Waals surface area contributed by atoms with Gasteiger partial charge in [-0.2, -0.15) is 0 Å². The molecule has 1 saturated heterocycles. The van der Waals surface area contributed by atoms with E-state index in [0.717, 1.165) is 35.7 Å². The van der Waals surface area contributed by atoms with Crippen LogP contribution >= 0.6 is 27.5 Å². The van der Waals surface area contributed by atoms with Crippen molar-refractivity contribution < 1.29 is 4.74 Å². The molecule has 1 aliphatic carbocycles. The Labute approximate surface area is 122 Å². The summed E-state index contributed by atoms with van der Waals surface area (Å²) < 4.78 is 6.02. The van der Waals surface area contributed by atoms with E-state index in [-0.39, 0.29) is 5.41 Å². The fraction of sp³-hybridized carbons (Fsp3) is 0.600. The summed E-state index contributed by atoms with van der Waals surface area (Å²) in [6.07, 6.45) is 5.27. The second-order valence-corrected chi connectivity index (χ2v) is 6.61. The molecule has 2 fully saturated rings. The molecule has 1 saturated carbocycles. The molecule has 0 amide bonds. The third kappa shape index (κ3) is 2.35. The zero-order valence-corrected chi connectivity index (χ0v) is 12.7. The lowest BCUT2D eigenvalue weighted by atomic mass is 9.76. The fourth-order valence-electron chi connectivity index (χ4n) is 3.14. The first kappa shape index (κ1) is 13.0. The third-order valence-corrected chi connectivity index (χ3v) is 5.80. The average molecular weight is 330 g/mol. The first-order valence-corrected chi connectivity index (χ1v) is 8.16. The van der Waals surface area contributed by atoms with Crippen LogP contribution in [0.15, 0.2) is 24.3 Å². The number of ether oxygens (including phenoxy) is 1. The highest BCUT2D eigenvalue weighted by atomic mass is 79.9. The molecule has 0 radical (unpaired) electrons. The first-order chi connectivity index (χ1) is 8.75. The molecule has 2 unspecified atom stereocenters. The van der Waals surface area contributed by atoms with E-state index in [2.05, 4.69) is 28.1 Å². The van der Waals surface area contributed by atoms with E-state index < -0.39 is 0 Å². The van der Waals surface area contributed by atoms with Gasteiger partial charge in [-0.3, -0.25) is 0 Å². The number of hydrogen-bond acceptors (Lipinski definition) is 1. The van der Waals surface area contributed by atoms with Gasteiger partial charge >= 0.3 is 0 Å². The van der Waals surface area contributed by atoms with Crippen molar-refractivity contribution in [2.24, 2.45) is 11.3 Å². The van der Waals surface area contributed by atoms with E-state index in [1.54, 1.807) is 0 Å². The summed E-state index contributed by atoms with van der Waals surface area (Å²) in [5.74, 6) is 0.785. The van der Waals surface area contributed by atoms with Crippen LogP contribution in [0.2, 0.25) is 5.02 Å². The van der Waals surface area contributed by atoms with Crippen molar-refractivity contribution in [3.8, 4) is 0 Å². The quantitative estimate of drug-likeness (QED) is 0.741. The van der Waals surface area contributed by atoms with E-state index in [4.69, 9.17) is 16.3 Å². The maximum atomic E-state index is 6.31. The highest BCUT2D eigenvalue weighted by molar-refractivity contribution is 9.09. The molecule has 1 nitrogen and oxygen atoms in total. The van der Waals surface area contributed by atoms with E-state index in [1.165, 1.54) is 18.4 Å². The normalized spacial score (nSPS) is 31.8. The summed E-state index contributed by atoms with van der Waals surface area (Å²) in [6, 6.07) is 8.21. The molecule has 18 heavy (non-hydrogen) atoms. The predicted octanol–water partition coefficient (Wildman–Crippen LogP) is 4.46. The Bertz CT molecular complexity index is 432. The van der Waals surface area contributed by atoms with E-state index in [0.29, 0.717) is 6.10 Å². The van der Waals surface area contributed by atoms with Gasteiger partial charge in [-0.15, -0.1) is 0 Å². The molecule has 0 N–H and O–H groups in total. The van der Waals surface area contributed by atoms with Crippen molar-refractivity contribution in [2.45, 2.75) is 31.8 Å². The molecular weight excluding hydrogens is 312 g/mol. The Morgan fingerprint density at radius 2 is 2.11 bits per heavy atom. The van der Waals surface area contributed by atoms with E-state index in [1.807, 2.05) is 12.1 Å². The van der Waals surface area contributed by atoms with E-state index >= 15 is 0 Å². The maximum Gasteiger partial charge on any atom is 0.0671 e. The molecule has 2 aliphatic rings. The monoisotopic (exact) mass is 328 g/mol. The molecule has 1 heterocycles. The summed E-state index contributed by atoms with van der Waals surface area (Å²) in [6.45, 7) is 0.900. The Morgan fingerprint density at radius 3 is 2.78 bits per heavy atom. The summed E-state index contributed by atoms with van der Waals surface area (Å²) in [5, 5.41) is 1.89. The van der Waals surface area contributed by atoms with Crippen molar-refractivity contribution in [3.05, 3.63) is 34.9 Å². The predicted molar refractivity (Wildman–Crippen MR) is 78.5 cm³/mol. The summed E-state index contributed by atoms with van der Waals surface area (Å²) >= 11 is 10.0. The van der Waals surface area contributed by atoms with Gasteiger partial charge in [-0.25, -0.2) is 0 Å². The molecule has 0 bridgehead atoms. The van der Waals surface area contributed by atoms with Gasteiger partial charge in [-0.1, -0.05) is 45.7 Å². The second kappa shape index (κ2) is 5.15. The highest BCUT2D eigenvalue weighted by Crippen LogP contribution is 2.50. The minimum atomic E-state index is 0.242. The van der Waals surface area contributed by atoms with Crippen LogP contribution in [0.25, 0.3) is 0 Å². The van der Waals surface area contributed by atoms with Gasteiger partial charge in [0.15, 0.2) is 0 Å². The SMILES string of the molecule is Clc1ccccc1CC1(CBr)CCOC1C1CC1. The Balaban J connectivity index is 1.85. The van der Waals surface area contributed by atoms with Crippen LogP contribution in [0.4, 0.5) is 0 Å². The summed E-state index contributed by atoms with van der Waals surface area (Å²) in [5.41, 5.74) is 1.50. The van der Waals surface area contributed by atoms with Gasteiger partial charge in [-0.05, 0) is 43.2 Å². The molecule has 98 valence electrons. The van der Waals surface area contributed by atoms with Gasteiger partial charge in [0, 0.05) is 22.4 Å². The lowest BCUT2D eigenvalue weighted by molar-refractivity contribution is 0.0413. The van der Waals surface area contributed by atoms with Gasteiger partial charge in [0.05, 0.1) is 6.10 Å². The largest absolute Gasteiger partial charge is 0.377 e. The summed E-state index contributed by atoms with van der Waals surface area (Å²) in [7, 11) is 0. The minimum Gasteiger partial charge on any atom is -0.377 e. The van der Waals surface area contributed by atoms with Gasteiger partial charge in [0.1, 0.15) is 0 Å². The summed E-state index contributed by atoms with van der Waals surface area (Å²) in [4.78, 5) is 0. The van der Waals surface area contributed by atoms with Crippen molar-refractivity contribution in [1.29, 1.82) is 0 Å². The second-order valence-electron chi connectivity index (χ2n) is 5.64. The molecule has 1 aromatic rings. The number of halogens is 2. The van der Waals surface area contributed by atoms with Crippen LogP contribution in [-0.2, 0) is 11.2 Å². The van der Waals surface area contributed by atoms with Crippen LogP contribution < -0.4 is 0 Å². The van der Waals surface area contributed by atoms with Crippen LogP contribution in [-0.4, -0.2) is 18.0 Å². The van der Waals surface area contributed by atoms with Crippen LogP contribution in [0.3, 0.4) is 0 Å². The third-order valence-electron chi connectivity index (χ3n) is 4.32. The number of alkyl halides is 1. The van der Waals surface area contributed by atoms with Crippen LogP contribution in [0, 0.1) is 11.3 Å². The molecular formula is C15H18BrClO. The topological polar surface area (TPSA) is 9.23 Å². The van der Waals surface area contributed by atoms with Gasteiger partial charge < -0.3 is 4.74 Å². The van der Waals surface area contributed by atoms with Gasteiger partial charge in [0.2, 0.25) is 0 Å². The first-order valence-electron chi connectivity index (χ1n) is 6.66. The zero-order chi connectivity index (χ0) is 12.6. The Morgan fingerprint density at radius 1 is 1.33 bits per heavy atom. The van der Waals surface area contributed by atoms with Crippen LogP contribution in [0.5, 0.6) is 0 Å². The number of rotatable bonds is 4. The van der Waals surface area contributed by atoms with Crippen LogP contribution in [0.1, 0.15) is 24.8 Å². The van der Waals surface area contributed by atoms with Crippen molar-refractivity contribution in [1.82, 2.24) is 0 Å². The minimum absolute atomic E-state index is 0.242. The number of benzene rings is 1. The van der Waals surface area contributed by atoms with Gasteiger partial charge in [0.25, 0.3) is 0 Å². The molecule has 1 aliphatic heterocycles. The Hall–Kier alpha value is -0.0500. The lowest BCUT2D eigenvalue weighted by Gasteiger charge is -2.33.